The summed E-state index contributed by atoms with van der Waals surface area (Å²) in [5.41, 5.74) is 0.243. The summed E-state index contributed by atoms with van der Waals surface area (Å²) in [5, 5.41) is 9.43. The summed E-state index contributed by atoms with van der Waals surface area (Å²) in [5.74, 6) is 0. The summed E-state index contributed by atoms with van der Waals surface area (Å²) in [6.07, 6.45) is -1.29. The molecule has 0 spiro atoms. The van der Waals surface area contributed by atoms with E-state index in [4.69, 9.17) is 31.1 Å². The first-order valence-corrected chi connectivity index (χ1v) is 8.51. The molecule has 1 aromatic rings. The smallest absolute Gasteiger partial charge is 0.410 e. The van der Waals surface area contributed by atoms with Crippen LogP contribution in [0.2, 0.25) is 5.02 Å². The van der Waals surface area contributed by atoms with E-state index in [1.807, 2.05) is 39.0 Å². The van der Waals surface area contributed by atoms with Gasteiger partial charge >= 0.3 is 6.09 Å². The van der Waals surface area contributed by atoms with Crippen molar-refractivity contribution >= 4 is 17.7 Å². The van der Waals surface area contributed by atoms with E-state index in [2.05, 4.69) is 0 Å². The van der Waals surface area contributed by atoms with E-state index in [-0.39, 0.29) is 12.7 Å². The standard InChI is InChI=1S/C18H23ClN2O4/c1-18(2,3)25-17(22)21-8-10-23-15(12-21)16(24-9-7-20)13-5-4-6-14(19)11-13/h4-6,11,15-16H,8-10,12H2,1-3H3/t15-,16+/m1/s1. The Morgan fingerprint density at radius 1 is 1.52 bits per heavy atom. The number of nitrogens with zero attached hydrogens (tertiary/aromatic N) is 2. The lowest BCUT2D eigenvalue weighted by Gasteiger charge is -2.37. The van der Waals surface area contributed by atoms with E-state index >= 15 is 0 Å². The van der Waals surface area contributed by atoms with Gasteiger partial charge in [-0.3, -0.25) is 0 Å². The molecule has 0 unspecified atom stereocenters. The van der Waals surface area contributed by atoms with Gasteiger partial charge in [0.2, 0.25) is 0 Å². The van der Waals surface area contributed by atoms with Crippen LogP contribution in [0, 0.1) is 11.3 Å². The number of amides is 1. The molecule has 25 heavy (non-hydrogen) atoms. The Morgan fingerprint density at radius 2 is 2.28 bits per heavy atom. The molecule has 2 atom stereocenters. The van der Waals surface area contributed by atoms with Crippen molar-refractivity contribution in [3.05, 3.63) is 34.9 Å². The second kappa shape index (κ2) is 8.52. The maximum absolute atomic E-state index is 12.3. The van der Waals surface area contributed by atoms with Gasteiger partial charge < -0.3 is 19.1 Å². The Morgan fingerprint density at radius 3 is 2.92 bits per heavy atom. The molecule has 1 heterocycles. The number of hydrogen-bond donors (Lipinski definition) is 0. The predicted octanol–water partition coefficient (Wildman–Crippen LogP) is 3.56. The van der Waals surface area contributed by atoms with Gasteiger partial charge in [0, 0.05) is 11.6 Å². The molecule has 1 fully saturated rings. The van der Waals surface area contributed by atoms with Crippen LogP contribution in [0.5, 0.6) is 0 Å². The Bertz CT molecular complexity index is 639. The quantitative estimate of drug-likeness (QED) is 0.814. The highest BCUT2D eigenvalue weighted by atomic mass is 35.5. The van der Waals surface area contributed by atoms with Crippen molar-refractivity contribution in [2.24, 2.45) is 0 Å². The summed E-state index contributed by atoms with van der Waals surface area (Å²) in [7, 11) is 0. The number of morpholine rings is 1. The zero-order chi connectivity index (χ0) is 18.4. The molecule has 6 nitrogen and oxygen atoms in total. The van der Waals surface area contributed by atoms with Crippen molar-refractivity contribution in [2.75, 3.05) is 26.3 Å². The molecule has 0 aliphatic carbocycles. The minimum absolute atomic E-state index is 0.0799. The van der Waals surface area contributed by atoms with Crippen LogP contribution in [0.4, 0.5) is 4.79 Å². The van der Waals surface area contributed by atoms with Crippen molar-refractivity contribution in [1.29, 1.82) is 5.26 Å². The molecule has 7 heteroatoms. The topological polar surface area (TPSA) is 71.8 Å². The zero-order valence-corrected chi connectivity index (χ0v) is 15.5. The van der Waals surface area contributed by atoms with Gasteiger partial charge in [0.25, 0.3) is 0 Å². The molecule has 0 N–H and O–H groups in total. The van der Waals surface area contributed by atoms with Crippen LogP contribution in [-0.2, 0) is 14.2 Å². The fourth-order valence-electron chi connectivity index (χ4n) is 2.58. The summed E-state index contributed by atoms with van der Waals surface area (Å²) >= 11 is 6.07. The average molecular weight is 367 g/mol. The van der Waals surface area contributed by atoms with Crippen molar-refractivity contribution in [1.82, 2.24) is 4.90 Å². The van der Waals surface area contributed by atoms with Crippen LogP contribution in [0.3, 0.4) is 0 Å². The van der Waals surface area contributed by atoms with Crippen molar-refractivity contribution in [3.8, 4) is 6.07 Å². The maximum Gasteiger partial charge on any atom is 0.410 e. The molecule has 1 aliphatic rings. The van der Waals surface area contributed by atoms with Gasteiger partial charge in [0.15, 0.2) is 0 Å². The van der Waals surface area contributed by atoms with E-state index in [1.54, 1.807) is 17.0 Å². The van der Waals surface area contributed by atoms with Crippen molar-refractivity contribution in [2.45, 2.75) is 38.6 Å². The maximum atomic E-state index is 12.3. The van der Waals surface area contributed by atoms with Crippen molar-refractivity contribution in [3.63, 3.8) is 0 Å². The highest BCUT2D eigenvalue weighted by Crippen LogP contribution is 2.28. The molecule has 1 amide bonds. The minimum atomic E-state index is -0.561. The van der Waals surface area contributed by atoms with Gasteiger partial charge in [-0.1, -0.05) is 23.7 Å². The van der Waals surface area contributed by atoms with Gasteiger partial charge in [-0.25, -0.2) is 4.79 Å². The van der Waals surface area contributed by atoms with E-state index in [0.29, 0.717) is 24.7 Å². The van der Waals surface area contributed by atoms with E-state index in [9.17, 15) is 4.79 Å². The molecule has 2 rings (SSSR count). The predicted molar refractivity (Wildman–Crippen MR) is 93.3 cm³/mol. The third-order valence-corrected chi connectivity index (χ3v) is 3.82. The molecular formula is C18H23ClN2O4. The molecule has 0 aromatic heterocycles. The number of ether oxygens (including phenoxy) is 3. The molecule has 1 aliphatic heterocycles. The second-order valence-corrected chi connectivity index (χ2v) is 7.22. The van der Waals surface area contributed by atoms with Gasteiger partial charge in [-0.2, -0.15) is 5.26 Å². The average Bonchev–Trinajstić information content (AvgIpc) is 2.54. The minimum Gasteiger partial charge on any atom is -0.444 e. The zero-order valence-electron chi connectivity index (χ0n) is 14.7. The van der Waals surface area contributed by atoms with Crippen LogP contribution in [0.25, 0.3) is 0 Å². The van der Waals surface area contributed by atoms with Crippen LogP contribution in [0.15, 0.2) is 24.3 Å². The van der Waals surface area contributed by atoms with E-state index in [1.165, 1.54) is 0 Å². The number of benzene rings is 1. The molecular weight excluding hydrogens is 344 g/mol. The first-order chi connectivity index (χ1) is 11.8. The second-order valence-electron chi connectivity index (χ2n) is 6.78. The first kappa shape index (κ1) is 19.5. The van der Waals surface area contributed by atoms with E-state index < -0.39 is 17.8 Å². The van der Waals surface area contributed by atoms with Crippen LogP contribution < -0.4 is 0 Å². The third kappa shape index (κ3) is 5.89. The van der Waals surface area contributed by atoms with Crippen LogP contribution in [0.1, 0.15) is 32.4 Å². The van der Waals surface area contributed by atoms with Gasteiger partial charge in [-0.05, 0) is 38.5 Å². The summed E-state index contributed by atoms with van der Waals surface area (Å²) < 4.78 is 16.9. The molecule has 0 saturated carbocycles. The normalized spacial score (nSPS) is 19.2. The van der Waals surface area contributed by atoms with Crippen molar-refractivity contribution < 1.29 is 19.0 Å². The molecule has 136 valence electrons. The third-order valence-electron chi connectivity index (χ3n) is 3.59. The first-order valence-electron chi connectivity index (χ1n) is 8.13. The Kier molecular flexibility index (Phi) is 6.65. The fraction of sp³-hybridized carbons (Fsp3) is 0.556. The van der Waals surface area contributed by atoms with Gasteiger partial charge in [-0.15, -0.1) is 0 Å². The highest BCUT2D eigenvalue weighted by Gasteiger charge is 2.34. The molecule has 1 saturated heterocycles. The molecule has 1 aromatic carbocycles. The number of nitriles is 1. The molecule has 0 bridgehead atoms. The van der Waals surface area contributed by atoms with Crippen LogP contribution >= 0.6 is 11.6 Å². The number of rotatable bonds is 4. The molecule has 0 radical (unpaired) electrons. The Labute approximate surface area is 153 Å². The lowest BCUT2D eigenvalue weighted by molar-refractivity contribution is -0.108. The fourth-order valence-corrected chi connectivity index (χ4v) is 2.78. The summed E-state index contributed by atoms with van der Waals surface area (Å²) in [6, 6.07) is 9.19. The summed E-state index contributed by atoms with van der Waals surface area (Å²) in [6.45, 7) is 6.54. The SMILES string of the molecule is CC(C)(C)OC(=O)N1CCO[C@@H]([C@@H](OCC#N)c2cccc(Cl)c2)C1. The number of halogens is 1. The lowest BCUT2D eigenvalue weighted by atomic mass is 10.0. The number of carbonyl (C=O) groups is 1. The monoisotopic (exact) mass is 366 g/mol. The lowest BCUT2D eigenvalue weighted by Crippen LogP contribution is -2.49. The Hall–Kier alpha value is -1.81. The largest absolute Gasteiger partial charge is 0.444 e. The number of hydrogen-bond acceptors (Lipinski definition) is 5. The summed E-state index contributed by atoms with van der Waals surface area (Å²) in [4.78, 5) is 13.9. The van der Waals surface area contributed by atoms with Gasteiger partial charge in [0.05, 0.1) is 19.2 Å². The van der Waals surface area contributed by atoms with Crippen LogP contribution in [-0.4, -0.2) is 49.0 Å². The van der Waals surface area contributed by atoms with E-state index in [0.717, 1.165) is 5.56 Å². The Balaban J connectivity index is 2.14. The number of carbonyl (C=O) groups excluding carboxylic acids is 1. The highest BCUT2D eigenvalue weighted by molar-refractivity contribution is 6.30. The van der Waals surface area contributed by atoms with Gasteiger partial charge in [0.1, 0.15) is 24.4 Å².